The number of benzene rings is 1. The van der Waals surface area contributed by atoms with Gasteiger partial charge in [-0.05, 0) is 55.2 Å². The fraction of sp³-hybridized carbons (Fsp3) is 0.280. The maximum Gasteiger partial charge on any atom is 0.251 e. The number of pyridine rings is 1. The van der Waals surface area contributed by atoms with E-state index < -0.39 is 10.0 Å². The third kappa shape index (κ3) is 4.87. The SMILES string of the molecule is CN1CCN(S(=O)(=O)c2ccc(-c3c(O)[nH]c4ccc(C(=O)NCCc5cccs5)cc34)nc2)CC1. The fourth-order valence-electron chi connectivity index (χ4n) is 4.29. The molecule has 1 aromatic carbocycles. The van der Waals surface area contributed by atoms with Crippen LogP contribution >= 0.6 is 11.3 Å². The van der Waals surface area contributed by atoms with Gasteiger partial charge in [0, 0.05) is 60.3 Å². The minimum atomic E-state index is -3.65. The summed E-state index contributed by atoms with van der Waals surface area (Å²) < 4.78 is 27.5. The molecule has 188 valence electrons. The van der Waals surface area contributed by atoms with Crippen molar-refractivity contribution in [2.75, 3.05) is 39.8 Å². The van der Waals surface area contributed by atoms with Gasteiger partial charge in [0.1, 0.15) is 4.90 Å². The number of hydrogen-bond donors (Lipinski definition) is 3. The first-order chi connectivity index (χ1) is 17.3. The van der Waals surface area contributed by atoms with Crippen LogP contribution in [0.3, 0.4) is 0 Å². The number of amides is 1. The molecule has 0 aliphatic carbocycles. The van der Waals surface area contributed by atoms with Crippen LogP contribution in [0.1, 0.15) is 15.2 Å². The molecule has 0 radical (unpaired) electrons. The van der Waals surface area contributed by atoms with Crippen LogP contribution in [0.5, 0.6) is 5.88 Å². The van der Waals surface area contributed by atoms with Crippen LogP contribution in [-0.4, -0.2) is 78.4 Å². The summed E-state index contributed by atoms with van der Waals surface area (Å²) >= 11 is 1.65. The molecule has 0 saturated carbocycles. The molecule has 3 aromatic heterocycles. The summed E-state index contributed by atoms with van der Waals surface area (Å²) in [5, 5.41) is 16.2. The van der Waals surface area contributed by atoms with E-state index in [9.17, 15) is 18.3 Å². The predicted molar refractivity (Wildman–Crippen MR) is 140 cm³/mol. The summed E-state index contributed by atoms with van der Waals surface area (Å²) in [7, 11) is -1.68. The van der Waals surface area contributed by atoms with Crippen LogP contribution in [0.4, 0.5) is 0 Å². The lowest BCUT2D eigenvalue weighted by atomic mass is 10.1. The molecule has 3 N–H and O–H groups in total. The Hall–Kier alpha value is -3.25. The number of piperazine rings is 1. The van der Waals surface area contributed by atoms with Gasteiger partial charge in [0.05, 0.1) is 11.3 Å². The first-order valence-corrected chi connectivity index (χ1v) is 14.0. The number of sulfonamides is 1. The largest absolute Gasteiger partial charge is 0.494 e. The highest BCUT2D eigenvalue weighted by Crippen LogP contribution is 2.36. The van der Waals surface area contributed by atoms with Crippen LogP contribution in [0.2, 0.25) is 0 Å². The second-order valence-corrected chi connectivity index (χ2v) is 11.8. The van der Waals surface area contributed by atoms with Gasteiger partial charge >= 0.3 is 0 Å². The average Bonchev–Trinajstić information content (AvgIpc) is 3.50. The predicted octanol–water partition coefficient (Wildman–Crippen LogP) is 2.91. The van der Waals surface area contributed by atoms with E-state index in [0.717, 1.165) is 6.42 Å². The average molecular weight is 526 g/mol. The van der Waals surface area contributed by atoms with Crippen LogP contribution in [0, 0.1) is 0 Å². The molecule has 1 fully saturated rings. The number of thiophene rings is 1. The second-order valence-electron chi connectivity index (χ2n) is 8.78. The standard InChI is InChI=1S/C25H27N5O4S2/c1-29-10-12-30(13-11-29)36(33,34)19-5-7-22(27-16-19)23-20-15-17(4-6-21(20)28-25(23)32)24(31)26-9-8-18-3-2-14-35-18/h2-7,14-16,28,32H,8-13H2,1H3,(H,26,31). The minimum Gasteiger partial charge on any atom is -0.494 e. The van der Waals surface area contributed by atoms with Gasteiger partial charge in [-0.2, -0.15) is 4.31 Å². The number of likely N-dealkylation sites (N-methyl/N-ethyl adjacent to an activating group) is 1. The van der Waals surface area contributed by atoms with E-state index in [0.29, 0.717) is 60.4 Å². The van der Waals surface area contributed by atoms with E-state index in [2.05, 4.69) is 20.2 Å². The molecule has 9 nitrogen and oxygen atoms in total. The second kappa shape index (κ2) is 10.0. The Labute approximate surface area is 213 Å². The van der Waals surface area contributed by atoms with Crippen molar-refractivity contribution in [1.29, 1.82) is 0 Å². The van der Waals surface area contributed by atoms with Gasteiger partial charge in [0.25, 0.3) is 5.91 Å². The molecule has 4 aromatic rings. The topological polar surface area (TPSA) is 119 Å². The summed E-state index contributed by atoms with van der Waals surface area (Å²) in [6, 6.07) is 12.2. The minimum absolute atomic E-state index is 0.0950. The molecule has 1 aliphatic rings. The van der Waals surface area contributed by atoms with Gasteiger partial charge in [-0.25, -0.2) is 8.42 Å². The van der Waals surface area contributed by atoms with Crippen molar-refractivity contribution in [3.8, 4) is 17.1 Å². The number of aromatic nitrogens is 2. The molecule has 4 heterocycles. The van der Waals surface area contributed by atoms with Gasteiger partial charge in [0.2, 0.25) is 10.0 Å². The van der Waals surface area contributed by atoms with E-state index >= 15 is 0 Å². The monoisotopic (exact) mass is 525 g/mol. The highest BCUT2D eigenvalue weighted by atomic mass is 32.2. The van der Waals surface area contributed by atoms with Gasteiger partial charge < -0.3 is 20.3 Å². The number of H-pyrrole nitrogens is 1. The lowest BCUT2D eigenvalue weighted by molar-refractivity contribution is 0.0954. The van der Waals surface area contributed by atoms with E-state index in [1.165, 1.54) is 21.4 Å². The highest BCUT2D eigenvalue weighted by molar-refractivity contribution is 7.89. The third-order valence-corrected chi connectivity index (χ3v) is 9.19. The maximum absolute atomic E-state index is 13.0. The first-order valence-electron chi connectivity index (χ1n) is 11.6. The van der Waals surface area contributed by atoms with Crippen molar-refractivity contribution >= 4 is 38.2 Å². The number of carbonyl (C=O) groups is 1. The molecule has 0 atom stereocenters. The summed E-state index contributed by atoms with van der Waals surface area (Å²) in [5.74, 6) is -0.302. The van der Waals surface area contributed by atoms with Crippen molar-refractivity contribution in [2.45, 2.75) is 11.3 Å². The number of carbonyl (C=O) groups excluding carboxylic acids is 1. The fourth-order valence-corrected chi connectivity index (χ4v) is 6.37. The number of nitrogens with zero attached hydrogens (tertiary/aromatic N) is 3. The van der Waals surface area contributed by atoms with Crippen molar-refractivity contribution in [1.82, 2.24) is 24.5 Å². The van der Waals surface area contributed by atoms with Crippen molar-refractivity contribution in [3.63, 3.8) is 0 Å². The Morgan fingerprint density at radius 1 is 1.17 bits per heavy atom. The quantitative estimate of drug-likeness (QED) is 0.341. The smallest absolute Gasteiger partial charge is 0.251 e. The molecule has 36 heavy (non-hydrogen) atoms. The molecule has 1 amide bonds. The highest BCUT2D eigenvalue weighted by Gasteiger charge is 2.28. The molecule has 1 aliphatic heterocycles. The molecule has 5 rings (SSSR count). The lowest BCUT2D eigenvalue weighted by Gasteiger charge is -2.31. The van der Waals surface area contributed by atoms with Crippen LogP contribution in [0.15, 0.2) is 58.9 Å². The van der Waals surface area contributed by atoms with E-state index in [1.54, 1.807) is 35.6 Å². The van der Waals surface area contributed by atoms with Crippen molar-refractivity contribution < 1.29 is 18.3 Å². The number of hydrogen-bond acceptors (Lipinski definition) is 7. The molecule has 1 saturated heterocycles. The number of aromatic hydroxyl groups is 1. The molecule has 0 bridgehead atoms. The molecule has 11 heteroatoms. The third-order valence-electron chi connectivity index (χ3n) is 6.37. The summed E-state index contributed by atoms with van der Waals surface area (Å²) in [5.41, 5.74) is 1.94. The number of aromatic amines is 1. The van der Waals surface area contributed by atoms with Crippen molar-refractivity contribution in [3.05, 3.63) is 64.5 Å². The van der Waals surface area contributed by atoms with E-state index in [4.69, 9.17) is 0 Å². The zero-order chi connectivity index (χ0) is 25.3. The van der Waals surface area contributed by atoms with Crippen LogP contribution in [0.25, 0.3) is 22.2 Å². The Morgan fingerprint density at radius 3 is 2.67 bits per heavy atom. The van der Waals surface area contributed by atoms with Gasteiger partial charge in [-0.1, -0.05) is 6.07 Å². The maximum atomic E-state index is 13.0. The van der Waals surface area contributed by atoms with Crippen molar-refractivity contribution in [2.24, 2.45) is 0 Å². The summed E-state index contributed by atoms with van der Waals surface area (Å²) in [6.07, 6.45) is 2.08. The lowest BCUT2D eigenvalue weighted by Crippen LogP contribution is -2.47. The zero-order valence-electron chi connectivity index (χ0n) is 19.8. The normalized spacial score (nSPS) is 15.4. The van der Waals surface area contributed by atoms with Crippen LogP contribution in [-0.2, 0) is 16.4 Å². The van der Waals surface area contributed by atoms with E-state index in [-0.39, 0.29) is 16.7 Å². The summed E-state index contributed by atoms with van der Waals surface area (Å²) in [4.78, 5) is 23.4. The van der Waals surface area contributed by atoms with Gasteiger partial charge in [-0.3, -0.25) is 9.78 Å². The first kappa shape index (κ1) is 24.4. The Kier molecular flexibility index (Phi) is 6.80. The van der Waals surface area contributed by atoms with E-state index in [1.807, 2.05) is 24.6 Å². The number of nitrogens with one attached hydrogen (secondary N) is 2. The molecule has 0 unspecified atom stereocenters. The Balaban J connectivity index is 1.37. The summed E-state index contributed by atoms with van der Waals surface area (Å²) in [6.45, 7) is 2.74. The number of rotatable bonds is 7. The molecule has 0 spiro atoms. The zero-order valence-corrected chi connectivity index (χ0v) is 21.4. The van der Waals surface area contributed by atoms with Gasteiger partial charge in [0.15, 0.2) is 5.88 Å². The molecular formula is C25H27N5O4S2. The van der Waals surface area contributed by atoms with Gasteiger partial charge in [-0.15, -0.1) is 11.3 Å². The Morgan fingerprint density at radius 2 is 1.97 bits per heavy atom. The van der Waals surface area contributed by atoms with Crippen LogP contribution < -0.4 is 5.32 Å². The number of fused-ring (bicyclic) bond motifs is 1. The Bertz CT molecular complexity index is 1470. The molecular weight excluding hydrogens is 498 g/mol.